The van der Waals surface area contributed by atoms with Gasteiger partial charge in [0.1, 0.15) is 0 Å². The normalized spacial score (nSPS) is 27.5. The van der Waals surface area contributed by atoms with Crippen molar-refractivity contribution in [2.45, 2.75) is 26.7 Å². The lowest BCUT2D eigenvalue weighted by Gasteiger charge is -2.38. The van der Waals surface area contributed by atoms with E-state index < -0.39 is 10.2 Å². The summed E-state index contributed by atoms with van der Waals surface area (Å²) in [6.07, 6.45) is 2.04. The van der Waals surface area contributed by atoms with E-state index in [1.54, 1.807) is 9.21 Å². The highest BCUT2D eigenvalue weighted by Gasteiger charge is 2.34. The molecule has 1 unspecified atom stereocenters. The molecule has 2 rings (SSSR count). The van der Waals surface area contributed by atoms with Crippen LogP contribution in [0.2, 0.25) is 0 Å². The summed E-state index contributed by atoms with van der Waals surface area (Å²) >= 11 is 0. The molecule has 0 aromatic rings. The molecule has 0 bridgehead atoms. The van der Waals surface area contributed by atoms with Gasteiger partial charge in [0.15, 0.2) is 0 Å². The van der Waals surface area contributed by atoms with E-state index in [1.807, 2.05) is 0 Å². The summed E-state index contributed by atoms with van der Waals surface area (Å²) in [4.78, 5) is 12.9. The highest BCUT2D eigenvalue weighted by Crippen LogP contribution is 2.21. The maximum absolute atomic E-state index is 12.5. The predicted octanol–water partition coefficient (Wildman–Crippen LogP) is 0.127. The van der Waals surface area contributed by atoms with Crippen LogP contribution in [0.3, 0.4) is 0 Å². The third kappa shape index (κ3) is 3.27. The van der Waals surface area contributed by atoms with Crippen LogP contribution in [0.25, 0.3) is 0 Å². The zero-order valence-corrected chi connectivity index (χ0v) is 12.5. The van der Waals surface area contributed by atoms with E-state index in [1.165, 1.54) is 11.2 Å². The van der Waals surface area contributed by atoms with E-state index in [9.17, 15) is 13.2 Å². The Morgan fingerprint density at radius 2 is 1.68 bits per heavy atom. The van der Waals surface area contributed by atoms with Gasteiger partial charge in [-0.1, -0.05) is 6.92 Å². The van der Waals surface area contributed by atoms with Gasteiger partial charge in [-0.25, -0.2) is 0 Å². The zero-order chi connectivity index (χ0) is 14.0. The first kappa shape index (κ1) is 14.7. The fourth-order valence-corrected chi connectivity index (χ4v) is 4.51. The molecule has 2 aliphatic heterocycles. The maximum atomic E-state index is 12.5. The number of amides is 1. The molecule has 2 fully saturated rings. The van der Waals surface area contributed by atoms with Crippen molar-refractivity contribution < 1.29 is 13.2 Å². The van der Waals surface area contributed by atoms with E-state index in [4.69, 9.17) is 0 Å². The molecule has 2 heterocycles. The van der Waals surface area contributed by atoms with Gasteiger partial charge in [-0.3, -0.25) is 4.79 Å². The second-order valence-corrected chi connectivity index (χ2v) is 7.45. The van der Waals surface area contributed by atoms with Gasteiger partial charge in [0.25, 0.3) is 10.2 Å². The molecule has 1 atom stereocenters. The van der Waals surface area contributed by atoms with Crippen LogP contribution in [0.5, 0.6) is 0 Å². The third-order valence-corrected chi connectivity index (χ3v) is 5.96. The molecule has 19 heavy (non-hydrogen) atoms. The van der Waals surface area contributed by atoms with Gasteiger partial charge in [0.05, 0.1) is 0 Å². The Morgan fingerprint density at radius 3 is 2.21 bits per heavy atom. The van der Waals surface area contributed by atoms with Crippen molar-refractivity contribution in [1.82, 2.24) is 13.5 Å². The average molecular weight is 289 g/mol. The Hall–Kier alpha value is -0.660. The number of carbonyl (C=O) groups excluding carboxylic acids is 1. The molecule has 0 spiro atoms. The first-order chi connectivity index (χ1) is 8.91. The summed E-state index contributed by atoms with van der Waals surface area (Å²) in [5, 5.41) is 0. The summed E-state index contributed by atoms with van der Waals surface area (Å²) in [6.45, 7) is 6.68. The van der Waals surface area contributed by atoms with Crippen molar-refractivity contribution in [1.29, 1.82) is 0 Å². The first-order valence-corrected chi connectivity index (χ1v) is 8.31. The van der Waals surface area contributed by atoms with E-state index in [2.05, 4.69) is 6.92 Å². The van der Waals surface area contributed by atoms with Crippen molar-refractivity contribution in [3.8, 4) is 0 Å². The van der Waals surface area contributed by atoms with E-state index >= 15 is 0 Å². The molecule has 6 nitrogen and oxygen atoms in total. The van der Waals surface area contributed by atoms with Gasteiger partial charge in [-0.05, 0) is 18.8 Å². The predicted molar refractivity (Wildman–Crippen MR) is 72.7 cm³/mol. The van der Waals surface area contributed by atoms with Crippen molar-refractivity contribution in [3.05, 3.63) is 0 Å². The Labute approximate surface area is 115 Å². The number of carbonyl (C=O) groups is 1. The number of nitrogens with zero attached hydrogens (tertiary/aromatic N) is 3. The lowest BCUT2D eigenvalue weighted by molar-refractivity contribution is -0.130. The van der Waals surface area contributed by atoms with E-state index in [0.717, 1.165) is 12.8 Å². The highest BCUT2D eigenvalue weighted by molar-refractivity contribution is 7.86. The number of piperazine rings is 1. The lowest BCUT2D eigenvalue weighted by atomic mass is 10.0. The van der Waals surface area contributed by atoms with Crippen LogP contribution in [0.4, 0.5) is 0 Å². The van der Waals surface area contributed by atoms with Crippen LogP contribution in [-0.2, 0) is 15.0 Å². The van der Waals surface area contributed by atoms with Crippen molar-refractivity contribution >= 4 is 16.1 Å². The van der Waals surface area contributed by atoms with Gasteiger partial charge < -0.3 is 4.90 Å². The second kappa shape index (κ2) is 5.76. The van der Waals surface area contributed by atoms with E-state index in [-0.39, 0.29) is 5.91 Å². The highest BCUT2D eigenvalue weighted by atomic mass is 32.2. The molecule has 0 saturated carbocycles. The minimum absolute atomic E-state index is 0.0173. The average Bonchev–Trinajstić information content (AvgIpc) is 2.39. The fraction of sp³-hybridized carbons (Fsp3) is 0.917. The molecule has 0 N–H and O–H groups in total. The molecular weight excluding hydrogens is 266 g/mol. The molecule has 110 valence electrons. The number of piperidine rings is 1. The van der Waals surface area contributed by atoms with Crippen LogP contribution in [-0.4, -0.2) is 67.1 Å². The van der Waals surface area contributed by atoms with Gasteiger partial charge in [-0.15, -0.1) is 0 Å². The Bertz CT molecular complexity index is 430. The van der Waals surface area contributed by atoms with Gasteiger partial charge in [-0.2, -0.15) is 17.0 Å². The Kier molecular flexibility index (Phi) is 4.47. The third-order valence-electron chi connectivity index (χ3n) is 3.96. The molecule has 1 amide bonds. The second-order valence-electron chi connectivity index (χ2n) is 5.52. The summed E-state index contributed by atoms with van der Waals surface area (Å²) in [6, 6.07) is 0. The van der Waals surface area contributed by atoms with Crippen LogP contribution in [0.15, 0.2) is 0 Å². The smallest absolute Gasteiger partial charge is 0.282 e. The molecule has 0 aromatic carbocycles. The summed E-state index contributed by atoms with van der Waals surface area (Å²) in [5.41, 5.74) is 0. The summed E-state index contributed by atoms with van der Waals surface area (Å²) in [7, 11) is -3.34. The standard InChI is InChI=1S/C12H23N3O3S/c1-11-4-3-5-15(10-11)19(17,18)14-8-6-13(7-9-14)12(2)16/h11H,3-10H2,1-2H3. The lowest BCUT2D eigenvalue weighted by Crippen LogP contribution is -2.55. The molecule has 0 aliphatic carbocycles. The minimum atomic E-state index is -3.34. The maximum Gasteiger partial charge on any atom is 0.282 e. The topological polar surface area (TPSA) is 60.9 Å². The van der Waals surface area contributed by atoms with Crippen molar-refractivity contribution in [2.75, 3.05) is 39.3 Å². The molecule has 0 aromatic heterocycles. The molecule has 0 radical (unpaired) electrons. The van der Waals surface area contributed by atoms with Gasteiger partial charge in [0.2, 0.25) is 5.91 Å². The van der Waals surface area contributed by atoms with Gasteiger partial charge in [0, 0.05) is 46.2 Å². The number of hydrogen-bond donors (Lipinski definition) is 0. The largest absolute Gasteiger partial charge is 0.340 e. The molecular formula is C12H23N3O3S. The fourth-order valence-electron chi connectivity index (χ4n) is 2.75. The molecule has 2 aliphatic rings. The van der Waals surface area contributed by atoms with Crippen LogP contribution in [0.1, 0.15) is 26.7 Å². The van der Waals surface area contributed by atoms with E-state index in [0.29, 0.717) is 45.2 Å². The number of rotatable bonds is 2. The molecule has 2 saturated heterocycles. The van der Waals surface area contributed by atoms with Crippen LogP contribution < -0.4 is 0 Å². The summed E-state index contributed by atoms with van der Waals surface area (Å²) in [5.74, 6) is 0.450. The first-order valence-electron chi connectivity index (χ1n) is 6.92. The zero-order valence-electron chi connectivity index (χ0n) is 11.7. The van der Waals surface area contributed by atoms with Gasteiger partial charge >= 0.3 is 0 Å². The van der Waals surface area contributed by atoms with Crippen LogP contribution >= 0.6 is 0 Å². The van der Waals surface area contributed by atoms with Crippen molar-refractivity contribution in [2.24, 2.45) is 5.92 Å². The summed E-state index contributed by atoms with van der Waals surface area (Å²) < 4.78 is 28.1. The number of hydrogen-bond acceptors (Lipinski definition) is 3. The SMILES string of the molecule is CC(=O)N1CCN(S(=O)(=O)N2CCCC(C)C2)CC1. The van der Waals surface area contributed by atoms with Crippen LogP contribution in [0, 0.1) is 5.92 Å². The van der Waals surface area contributed by atoms with Crippen molar-refractivity contribution in [3.63, 3.8) is 0 Å². The monoisotopic (exact) mass is 289 g/mol. The minimum Gasteiger partial charge on any atom is -0.340 e. The Morgan fingerprint density at radius 1 is 1.05 bits per heavy atom. The quantitative estimate of drug-likeness (QED) is 0.726. The molecule has 7 heteroatoms. The Balaban J connectivity index is 1.99.